The van der Waals surface area contributed by atoms with E-state index in [0.717, 1.165) is 10.9 Å². The average Bonchev–Trinajstić information content (AvgIpc) is 2.69. The first kappa shape index (κ1) is 15.7. The van der Waals surface area contributed by atoms with Crippen LogP contribution in [0.4, 0.5) is 0 Å². The van der Waals surface area contributed by atoms with Gasteiger partial charge in [0.2, 0.25) is 5.91 Å². The summed E-state index contributed by atoms with van der Waals surface area (Å²) >= 11 is 3.29. The van der Waals surface area contributed by atoms with E-state index >= 15 is 0 Å². The van der Waals surface area contributed by atoms with Gasteiger partial charge < -0.3 is 5.32 Å². The molecule has 1 aromatic carbocycles. The van der Waals surface area contributed by atoms with Gasteiger partial charge in [-0.1, -0.05) is 22.9 Å². The van der Waals surface area contributed by atoms with Crippen molar-refractivity contribution in [1.29, 1.82) is 0 Å². The van der Waals surface area contributed by atoms with Crippen LogP contribution in [0.15, 0.2) is 22.7 Å². The van der Waals surface area contributed by atoms with E-state index in [4.69, 9.17) is 0 Å². The van der Waals surface area contributed by atoms with E-state index < -0.39 is 0 Å². The molecule has 21 heavy (non-hydrogen) atoms. The van der Waals surface area contributed by atoms with Crippen molar-refractivity contribution in [3.8, 4) is 0 Å². The van der Waals surface area contributed by atoms with Crippen molar-refractivity contribution in [2.24, 2.45) is 0 Å². The number of rotatable bonds is 6. The molecule has 1 aliphatic heterocycles. The lowest BCUT2D eigenvalue weighted by atomic mass is 10.1. The fourth-order valence-corrected chi connectivity index (χ4v) is 2.58. The second kappa shape index (κ2) is 6.85. The number of nitrogens with zero attached hydrogens (tertiary/aromatic N) is 1. The molecule has 1 N–H and O–H groups in total. The van der Waals surface area contributed by atoms with Gasteiger partial charge in [0.15, 0.2) is 0 Å². The van der Waals surface area contributed by atoms with Gasteiger partial charge in [-0.3, -0.25) is 19.3 Å². The van der Waals surface area contributed by atoms with Gasteiger partial charge in [0.1, 0.15) is 0 Å². The predicted molar refractivity (Wildman–Crippen MR) is 82.0 cm³/mol. The lowest BCUT2D eigenvalue weighted by molar-refractivity contribution is -0.121. The second-order valence-electron chi connectivity index (χ2n) is 4.91. The Bertz CT molecular complexity index is 586. The monoisotopic (exact) mass is 352 g/mol. The van der Waals surface area contributed by atoms with Crippen molar-refractivity contribution in [3.63, 3.8) is 0 Å². The lowest BCUT2D eigenvalue weighted by Crippen LogP contribution is -2.32. The Kier molecular flexibility index (Phi) is 5.12. The minimum absolute atomic E-state index is 0.0452. The third-order valence-electron chi connectivity index (χ3n) is 3.29. The number of fused-ring (bicyclic) bond motifs is 1. The quantitative estimate of drug-likeness (QED) is 0.799. The molecule has 0 fully saturated rings. The summed E-state index contributed by atoms with van der Waals surface area (Å²) in [4.78, 5) is 37.1. The SMILES string of the molecule is CCCNC(=O)CCCN1C(=O)c2ccc(Br)cc2C1=O. The zero-order valence-electron chi connectivity index (χ0n) is 11.8. The molecule has 3 amide bonds. The molecule has 0 unspecified atom stereocenters. The fraction of sp³-hybridized carbons (Fsp3) is 0.400. The van der Waals surface area contributed by atoms with E-state index in [-0.39, 0.29) is 24.3 Å². The number of halogens is 1. The topological polar surface area (TPSA) is 66.5 Å². The number of amides is 3. The first-order chi connectivity index (χ1) is 10.0. The summed E-state index contributed by atoms with van der Waals surface area (Å²) in [6, 6.07) is 5.04. The van der Waals surface area contributed by atoms with E-state index in [0.29, 0.717) is 30.5 Å². The van der Waals surface area contributed by atoms with Crippen LogP contribution in [0.2, 0.25) is 0 Å². The number of hydrogen-bond donors (Lipinski definition) is 1. The molecule has 0 spiro atoms. The van der Waals surface area contributed by atoms with Gasteiger partial charge in [-0.25, -0.2) is 0 Å². The molecule has 0 aromatic heterocycles. The van der Waals surface area contributed by atoms with Crippen LogP contribution in [-0.4, -0.2) is 35.7 Å². The van der Waals surface area contributed by atoms with Crippen LogP contribution in [0.5, 0.6) is 0 Å². The van der Waals surface area contributed by atoms with E-state index in [9.17, 15) is 14.4 Å². The van der Waals surface area contributed by atoms with Gasteiger partial charge in [-0.2, -0.15) is 0 Å². The standard InChI is InChI=1S/C15H17BrN2O3/c1-2-7-17-13(19)4-3-8-18-14(20)11-6-5-10(16)9-12(11)15(18)21/h5-6,9H,2-4,7-8H2,1H3,(H,17,19). The molecular weight excluding hydrogens is 336 g/mol. The van der Waals surface area contributed by atoms with Crippen LogP contribution >= 0.6 is 15.9 Å². The first-order valence-corrected chi connectivity index (χ1v) is 7.76. The maximum Gasteiger partial charge on any atom is 0.261 e. The van der Waals surface area contributed by atoms with Crippen LogP contribution in [0, 0.1) is 0 Å². The highest BCUT2D eigenvalue weighted by Crippen LogP contribution is 2.26. The highest BCUT2D eigenvalue weighted by molar-refractivity contribution is 9.10. The summed E-state index contributed by atoms with van der Waals surface area (Å²) in [5.41, 5.74) is 0.850. The molecule has 5 nitrogen and oxygen atoms in total. The predicted octanol–water partition coefficient (Wildman–Crippen LogP) is 2.35. The van der Waals surface area contributed by atoms with Crippen LogP contribution in [0.1, 0.15) is 46.9 Å². The Morgan fingerprint density at radius 1 is 1.24 bits per heavy atom. The van der Waals surface area contributed by atoms with Gasteiger partial charge in [-0.05, 0) is 31.0 Å². The second-order valence-corrected chi connectivity index (χ2v) is 5.82. The molecular formula is C15H17BrN2O3. The minimum atomic E-state index is -0.287. The van der Waals surface area contributed by atoms with Crippen LogP contribution in [-0.2, 0) is 4.79 Å². The summed E-state index contributed by atoms with van der Waals surface area (Å²) < 4.78 is 0.767. The smallest absolute Gasteiger partial charge is 0.261 e. The zero-order valence-corrected chi connectivity index (χ0v) is 13.4. The van der Waals surface area contributed by atoms with E-state index in [1.165, 1.54) is 4.90 Å². The Labute approximate surface area is 131 Å². The van der Waals surface area contributed by atoms with Crippen molar-refractivity contribution < 1.29 is 14.4 Å². The normalized spacial score (nSPS) is 13.5. The van der Waals surface area contributed by atoms with E-state index in [1.54, 1.807) is 18.2 Å². The van der Waals surface area contributed by atoms with Crippen molar-refractivity contribution in [3.05, 3.63) is 33.8 Å². The van der Waals surface area contributed by atoms with Gasteiger partial charge in [-0.15, -0.1) is 0 Å². The number of hydrogen-bond acceptors (Lipinski definition) is 3. The molecule has 0 saturated heterocycles. The lowest BCUT2D eigenvalue weighted by Gasteiger charge is -2.13. The summed E-state index contributed by atoms with van der Waals surface area (Å²) in [6.07, 6.45) is 1.68. The van der Waals surface area contributed by atoms with Gasteiger partial charge >= 0.3 is 0 Å². The maximum absolute atomic E-state index is 12.2. The molecule has 1 aromatic rings. The number of carbonyl (C=O) groups excluding carboxylic acids is 3. The summed E-state index contributed by atoms with van der Waals surface area (Å²) in [6.45, 7) is 2.90. The maximum atomic E-state index is 12.2. The molecule has 0 radical (unpaired) electrons. The number of imide groups is 1. The van der Waals surface area contributed by atoms with Crippen molar-refractivity contribution in [2.45, 2.75) is 26.2 Å². The molecule has 1 heterocycles. The van der Waals surface area contributed by atoms with Crippen molar-refractivity contribution >= 4 is 33.7 Å². The number of nitrogens with one attached hydrogen (secondary N) is 1. The highest BCUT2D eigenvalue weighted by atomic mass is 79.9. The highest BCUT2D eigenvalue weighted by Gasteiger charge is 2.35. The largest absolute Gasteiger partial charge is 0.356 e. The van der Waals surface area contributed by atoms with Crippen LogP contribution in [0.3, 0.4) is 0 Å². The van der Waals surface area contributed by atoms with Gasteiger partial charge in [0, 0.05) is 24.0 Å². The Hall–Kier alpha value is -1.69. The van der Waals surface area contributed by atoms with Gasteiger partial charge in [0.25, 0.3) is 11.8 Å². The Balaban J connectivity index is 1.93. The number of carbonyl (C=O) groups is 3. The minimum Gasteiger partial charge on any atom is -0.356 e. The zero-order chi connectivity index (χ0) is 15.4. The first-order valence-electron chi connectivity index (χ1n) is 6.97. The summed E-state index contributed by atoms with van der Waals surface area (Å²) in [7, 11) is 0. The summed E-state index contributed by atoms with van der Waals surface area (Å²) in [5, 5.41) is 2.77. The van der Waals surface area contributed by atoms with Crippen molar-refractivity contribution in [2.75, 3.05) is 13.1 Å². The average molecular weight is 353 g/mol. The third kappa shape index (κ3) is 3.50. The van der Waals surface area contributed by atoms with Crippen LogP contribution in [0.25, 0.3) is 0 Å². The molecule has 0 saturated carbocycles. The summed E-state index contributed by atoms with van der Waals surface area (Å²) in [5.74, 6) is -0.613. The van der Waals surface area contributed by atoms with E-state index in [1.807, 2.05) is 6.92 Å². The Morgan fingerprint density at radius 3 is 2.67 bits per heavy atom. The molecule has 0 atom stereocenters. The molecule has 1 aliphatic rings. The molecule has 2 rings (SSSR count). The van der Waals surface area contributed by atoms with Gasteiger partial charge in [0.05, 0.1) is 11.1 Å². The van der Waals surface area contributed by atoms with E-state index in [2.05, 4.69) is 21.2 Å². The third-order valence-corrected chi connectivity index (χ3v) is 3.78. The molecule has 0 aliphatic carbocycles. The Morgan fingerprint density at radius 2 is 1.95 bits per heavy atom. The molecule has 112 valence electrons. The fourth-order valence-electron chi connectivity index (χ4n) is 2.22. The molecule has 0 bridgehead atoms. The number of benzene rings is 1. The van der Waals surface area contributed by atoms with Crippen molar-refractivity contribution in [1.82, 2.24) is 10.2 Å². The molecule has 6 heteroatoms. The van der Waals surface area contributed by atoms with Crippen LogP contribution < -0.4 is 5.32 Å².